The number of benzene rings is 1. The summed E-state index contributed by atoms with van der Waals surface area (Å²) in [4.78, 5) is 0. The van der Waals surface area contributed by atoms with E-state index in [1.807, 2.05) is 26.0 Å². The number of rotatable bonds is 3. The maximum Gasteiger partial charge on any atom is 0.391 e. The molecule has 0 heterocycles. The van der Waals surface area contributed by atoms with Gasteiger partial charge < -0.3 is 10.1 Å². The fraction of sp³-hybridized carbons (Fsp3) is 0.625. The number of nitrogens with one attached hydrogen (secondary N) is 1. The lowest BCUT2D eigenvalue weighted by Gasteiger charge is -2.32. The Balaban J connectivity index is 2.12. The van der Waals surface area contributed by atoms with Crippen molar-refractivity contribution in [3.8, 4) is 5.75 Å². The molecule has 21 heavy (non-hydrogen) atoms. The fourth-order valence-electron chi connectivity index (χ4n) is 3.14. The van der Waals surface area contributed by atoms with Crippen molar-refractivity contribution in [3.63, 3.8) is 0 Å². The zero-order valence-electron chi connectivity index (χ0n) is 12.7. The van der Waals surface area contributed by atoms with Crippen molar-refractivity contribution in [2.24, 2.45) is 5.92 Å². The molecule has 0 amide bonds. The van der Waals surface area contributed by atoms with Gasteiger partial charge >= 0.3 is 6.18 Å². The van der Waals surface area contributed by atoms with Gasteiger partial charge in [0.25, 0.3) is 0 Å². The van der Waals surface area contributed by atoms with Crippen molar-refractivity contribution < 1.29 is 17.9 Å². The van der Waals surface area contributed by atoms with E-state index in [0.29, 0.717) is 6.42 Å². The Kier molecular flexibility index (Phi) is 4.69. The van der Waals surface area contributed by atoms with Crippen LogP contribution in [0.4, 0.5) is 18.9 Å². The number of aryl methyl sites for hydroxylation is 1. The number of methoxy groups -OCH3 is 1. The highest BCUT2D eigenvalue weighted by Crippen LogP contribution is 2.39. The molecule has 118 valence electrons. The molecule has 0 spiro atoms. The standard InChI is InChI=1S/C16H22F3NO/c1-10-7-8-14(11(2)15(10)21-3)20-13-6-4-5-12(9-13)16(17,18)19/h7-8,12-13,20H,4-6,9H2,1-3H3. The van der Waals surface area contributed by atoms with Crippen LogP contribution in [0.25, 0.3) is 0 Å². The topological polar surface area (TPSA) is 21.3 Å². The average Bonchev–Trinajstić information content (AvgIpc) is 2.42. The Morgan fingerprint density at radius 3 is 2.52 bits per heavy atom. The zero-order chi connectivity index (χ0) is 15.6. The Hall–Kier alpha value is -1.39. The monoisotopic (exact) mass is 301 g/mol. The zero-order valence-corrected chi connectivity index (χ0v) is 12.7. The Labute approximate surface area is 123 Å². The molecule has 1 aliphatic carbocycles. The van der Waals surface area contributed by atoms with E-state index in [4.69, 9.17) is 4.74 Å². The molecule has 2 unspecified atom stereocenters. The maximum atomic E-state index is 12.9. The highest BCUT2D eigenvalue weighted by molar-refractivity contribution is 5.60. The van der Waals surface area contributed by atoms with Crippen molar-refractivity contribution in [2.75, 3.05) is 12.4 Å². The van der Waals surface area contributed by atoms with Gasteiger partial charge in [-0.25, -0.2) is 0 Å². The van der Waals surface area contributed by atoms with Crippen LogP contribution >= 0.6 is 0 Å². The molecule has 2 rings (SSSR count). The van der Waals surface area contributed by atoms with E-state index in [1.54, 1.807) is 7.11 Å². The van der Waals surface area contributed by atoms with E-state index in [9.17, 15) is 13.2 Å². The van der Waals surface area contributed by atoms with E-state index in [0.717, 1.165) is 29.0 Å². The SMILES string of the molecule is COc1c(C)ccc(NC2CCCC(C(F)(F)F)C2)c1C. The summed E-state index contributed by atoms with van der Waals surface area (Å²) < 4.78 is 43.9. The number of halogens is 3. The molecule has 1 aromatic rings. The lowest BCUT2D eigenvalue weighted by atomic mass is 9.85. The first-order valence-electron chi connectivity index (χ1n) is 7.30. The van der Waals surface area contributed by atoms with Crippen LogP contribution in [-0.4, -0.2) is 19.3 Å². The summed E-state index contributed by atoms with van der Waals surface area (Å²) in [5, 5.41) is 3.27. The highest BCUT2D eigenvalue weighted by Gasteiger charge is 2.42. The average molecular weight is 301 g/mol. The number of alkyl halides is 3. The summed E-state index contributed by atoms with van der Waals surface area (Å²) in [6.45, 7) is 3.88. The highest BCUT2D eigenvalue weighted by atomic mass is 19.4. The minimum absolute atomic E-state index is 0.128. The molecule has 2 nitrogen and oxygen atoms in total. The Morgan fingerprint density at radius 1 is 1.19 bits per heavy atom. The van der Waals surface area contributed by atoms with Crippen LogP contribution in [0.15, 0.2) is 12.1 Å². The Bertz CT molecular complexity index is 499. The predicted octanol–water partition coefficient (Wildman–Crippen LogP) is 4.85. The van der Waals surface area contributed by atoms with Gasteiger partial charge in [-0.2, -0.15) is 13.2 Å². The first-order chi connectivity index (χ1) is 9.82. The first kappa shape index (κ1) is 16.0. The minimum atomic E-state index is -4.08. The van der Waals surface area contributed by atoms with E-state index in [1.165, 1.54) is 0 Å². The van der Waals surface area contributed by atoms with Crippen LogP contribution in [0.2, 0.25) is 0 Å². The van der Waals surface area contributed by atoms with Gasteiger partial charge in [-0.3, -0.25) is 0 Å². The summed E-state index contributed by atoms with van der Waals surface area (Å²) in [5.41, 5.74) is 2.84. The molecule has 0 saturated heterocycles. The van der Waals surface area contributed by atoms with E-state index in [-0.39, 0.29) is 18.9 Å². The quantitative estimate of drug-likeness (QED) is 0.862. The van der Waals surface area contributed by atoms with Gasteiger partial charge in [-0.05, 0) is 44.7 Å². The third kappa shape index (κ3) is 3.63. The largest absolute Gasteiger partial charge is 0.496 e. The first-order valence-corrected chi connectivity index (χ1v) is 7.30. The predicted molar refractivity (Wildman–Crippen MR) is 77.9 cm³/mol. The summed E-state index contributed by atoms with van der Waals surface area (Å²) in [6.07, 6.45) is -2.29. The lowest BCUT2D eigenvalue weighted by molar-refractivity contribution is -0.182. The normalized spacial score (nSPS) is 23.0. The van der Waals surface area contributed by atoms with Crippen molar-refractivity contribution in [3.05, 3.63) is 23.3 Å². The van der Waals surface area contributed by atoms with Crippen LogP contribution in [0.3, 0.4) is 0 Å². The molecular weight excluding hydrogens is 279 g/mol. The molecule has 1 N–H and O–H groups in total. The molecule has 2 atom stereocenters. The minimum Gasteiger partial charge on any atom is -0.496 e. The molecule has 1 saturated carbocycles. The van der Waals surface area contributed by atoms with Crippen molar-refractivity contribution >= 4 is 5.69 Å². The van der Waals surface area contributed by atoms with Crippen molar-refractivity contribution in [2.45, 2.75) is 51.7 Å². The summed E-state index contributed by atoms with van der Waals surface area (Å²) in [6, 6.07) is 3.72. The molecule has 5 heteroatoms. The molecule has 0 aliphatic heterocycles. The van der Waals surface area contributed by atoms with Gasteiger partial charge in [0.1, 0.15) is 5.75 Å². The smallest absolute Gasteiger partial charge is 0.391 e. The molecule has 1 fully saturated rings. The number of hydrogen-bond acceptors (Lipinski definition) is 2. The molecule has 1 aliphatic rings. The lowest BCUT2D eigenvalue weighted by Crippen LogP contribution is -2.34. The second-order valence-corrected chi connectivity index (χ2v) is 5.83. The summed E-state index contributed by atoms with van der Waals surface area (Å²) >= 11 is 0. The van der Waals surface area contributed by atoms with Gasteiger partial charge in [-0.15, -0.1) is 0 Å². The van der Waals surface area contributed by atoms with E-state index >= 15 is 0 Å². The van der Waals surface area contributed by atoms with Gasteiger partial charge in [-0.1, -0.05) is 12.5 Å². The molecule has 0 radical (unpaired) electrons. The van der Waals surface area contributed by atoms with Gasteiger partial charge in [0.05, 0.1) is 13.0 Å². The number of anilines is 1. The van der Waals surface area contributed by atoms with Crippen LogP contribution in [0.5, 0.6) is 5.75 Å². The van der Waals surface area contributed by atoms with Crippen LogP contribution < -0.4 is 10.1 Å². The van der Waals surface area contributed by atoms with Crippen LogP contribution in [-0.2, 0) is 0 Å². The number of ether oxygens (including phenoxy) is 1. The summed E-state index contributed by atoms with van der Waals surface area (Å²) in [7, 11) is 1.61. The third-order valence-electron chi connectivity index (χ3n) is 4.30. The van der Waals surface area contributed by atoms with E-state index in [2.05, 4.69) is 5.32 Å². The second kappa shape index (κ2) is 6.16. The van der Waals surface area contributed by atoms with Crippen molar-refractivity contribution in [1.82, 2.24) is 0 Å². The van der Waals surface area contributed by atoms with Crippen molar-refractivity contribution in [1.29, 1.82) is 0 Å². The molecular formula is C16H22F3NO. The van der Waals surface area contributed by atoms with Gasteiger partial charge in [0.2, 0.25) is 0 Å². The number of hydrogen-bond donors (Lipinski definition) is 1. The van der Waals surface area contributed by atoms with Gasteiger partial charge in [0.15, 0.2) is 0 Å². The fourth-order valence-corrected chi connectivity index (χ4v) is 3.14. The molecule has 0 bridgehead atoms. The Morgan fingerprint density at radius 2 is 1.90 bits per heavy atom. The van der Waals surface area contributed by atoms with Gasteiger partial charge in [0, 0.05) is 17.3 Å². The third-order valence-corrected chi connectivity index (χ3v) is 4.30. The van der Waals surface area contributed by atoms with Crippen LogP contribution in [0.1, 0.15) is 36.8 Å². The second-order valence-electron chi connectivity index (χ2n) is 5.83. The maximum absolute atomic E-state index is 12.9. The summed E-state index contributed by atoms with van der Waals surface area (Å²) in [5.74, 6) is -0.389. The molecule has 1 aromatic carbocycles. The molecule has 0 aromatic heterocycles. The van der Waals surface area contributed by atoms with E-state index < -0.39 is 12.1 Å². The van der Waals surface area contributed by atoms with Crippen LogP contribution in [0, 0.1) is 19.8 Å².